The van der Waals surface area contributed by atoms with E-state index in [1.54, 1.807) is 18.4 Å². The second-order valence-electron chi connectivity index (χ2n) is 4.61. The predicted octanol–water partition coefficient (Wildman–Crippen LogP) is 3.99. The summed E-state index contributed by atoms with van der Waals surface area (Å²) in [4.78, 5) is 1.16. The van der Waals surface area contributed by atoms with Gasteiger partial charge in [-0.25, -0.2) is 0 Å². The van der Waals surface area contributed by atoms with Crippen LogP contribution in [-0.2, 0) is 13.0 Å². The average molecular weight is 356 g/mol. The number of thiophene rings is 1. The highest BCUT2D eigenvalue weighted by molar-refractivity contribution is 9.10. The van der Waals surface area contributed by atoms with Crippen LogP contribution in [0.2, 0.25) is 0 Å². The monoisotopic (exact) mass is 355 g/mol. The van der Waals surface area contributed by atoms with Crippen molar-refractivity contribution in [2.24, 2.45) is 5.73 Å². The first-order valence-electron chi connectivity index (χ1n) is 6.38. The van der Waals surface area contributed by atoms with E-state index >= 15 is 0 Å². The van der Waals surface area contributed by atoms with Crippen molar-refractivity contribution in [3.8, 4) is 11.5 Å². The fourth-order valence-corrected chi connectivity index (χ4v) is 3.34. The molecule has 0 bridgehead atoms. The Morgan fingerprint density at radius 3 is 2.75 bits per heavy atom. The van der Waals surface area contributed by atoms with Crippen molar-refractivity contribution in [2.45, 2.75) is 26.0 Å². The van der Waals surface area contributed by atoms with Crippen LogP contribution in [0.1, 0.15) is 17.4 Å². The number of ether oxygens (including phenoxy) is 2. The summed E-state index contributed by atoms with van der Waals surface area (Å²) in [5.74, 6) is 1.53. The standard InChI is InChI=1S/C15H18BrNO2S/c1-10(17)8-11-4-3-5-13(18-2)15(11)19-9-14-12(16)6-7-20-14/h3-7,10H,8-9,17H2,1-2H3. The molecule has 1 atom stereocenters. The van der Waals surface area contributed by atoms with Gasteiger partial charge in [-0.2, -0.15) is 0 Å². The molecular weight excluding hydrogens is 338 g/mol. The summed E-state index contributed by atoms with van der Waals surface area (Å²) in [7, 11) is 1.65. The summed E-state index contributed by atoms with van der Waals surface area (Å²) in [5, 5.41) is 2.04. The largest absolute Gasteiger partial charge is 0.493 e. The highest BCUT2D eigenvalue weighted by Crippen LogP contribution is 2.33. The van der Waals surface area contributed by atoms with Crippen LogP contribution >= 0.6 is 27.3 Å². The molecule has 0 spiro atoms. The summed E-state index contributed by atoms with van der Waals surface area (Å²) in [6, 6.07) is 8.01. The minimum Gasteiger partial charge on any atom is -0.493 e. The fourth-order valence-electron chi connectivity index (χ4n) is 1.96. The Kier molecular flexibility index (Phi) is 5.46. The topological polar surface area (TPSA) is 44.5 Å². The molecular formula is C15H18BrNO2S. The lowest BCUT2D eigenvalue weighted by Gasteiger charge is -2.16. The molecule has 0 amide bonds. The first-order chi connectivity index (χ1) is 9.61. The van der Waals surface area contributed by atoms with Gasteiger partial charge in [0.05, 0.1) is 12.0 Å². The van der Waals surface area contributed by atoms with E-state index in [0.29, 0.717) is 6.61 Å². The van der Waals surface area contributed by atoms with Crippen LogP contribution in [0.5, 0.6) is 11.5 Å². The highest BCUT2D eigenvalue weighted by Gasteiger charge is 2.13. The summed E-state index contributed by atoms with van der Waals surface area (Å²) < 4.78 is 12.5. The zero-order valence-electron chi connectivity index (χ0n) is 11.6. The SMILES string of the molecule is COc1cccc(CC(C)N)c1OCc1sccc1Br. The molecule has 0 aliphatic heterocycles. The number of rotatable bonds is 6. The van der Waals surface area contributed by atoms with Gasteiger partial charge in [0.1, 0.15) is 6.61 Å². The maximum Gasteiger partial charge on any atom is 0.164 e. The lowest BCUT2D eigenvalue weighted by Crippen LogP contribution is -2.18. The molecule has 2 N–H and O–H groups in total. The van der Waals surface area contributed by atoms with Crippen molar-refractivity contribution in [2.75, 3.05) is 7.11 Å². The van der Waals surface area contributed by atoms with Gasteiger partial charge in [-0.3, -0.25) is 0 Å². The van der Waals surface area contributed by atoms with Crippen LogP contribution in [-0.4, -0.2) is 13.2 Å². The molecule has 0 aliphatic rings. The van der Waals surface area contributed by atoms with Gasteiger partial charge < -0.3 is 15.2 Å². The third kappa shape index (κ3) is 3.75. The Balaban J connectivity index is 2.21. The molecule has 108 valence electrons. The Hall–Kier alpha value is -1.04. The molecule has 1 unspecified atom stereocenters. The molecule has 0 aliphatic carbocycles. The van der Waals surface area contributed by atoms with E-state index in [2.05, 4.69) is 15.9 Å². The van der Waals surface area contributed by atoms with Crippen molar-refractivity contribution in [3.05, 3.63) is 44.6 Å². The van der Waals surface area contributed by atoms with Gasteiger partial charge in [0, 0.05) is 10.5 Å². The highest BCUT2D eigenvalue weighted by atomic mass is 79.9. The van der Waals surface area contributed by atoms with Crippen molar-refractivity contribution in [1.29, 1.82) is 0 Å². The maximum atomic E-state index is 5.99. The van der Waals surface area contributed by atoms with Gasteiger partial charge >= 0.3 is 0 Å². The van der Waals surface area contributed by atoms with Crippen LogP contribution in [0.15, 0.2) is 34.1 Å². The van der Waals surface area contributed by atoms with E-state index in [1.165, 1.54) is 0 Å². The Bertz CT molecular complexity index is 569. The van der Waals surface area contributed by atoms with Crippen molar-refractivity contribution in [3.63, 3.8) is 0 Å². The van der Waals surface area contributed by atoms with Crippen LogP contribution in [0, 0.1) is 0 Å². The Morgan fingerprint density at radius 2 is 2.15 bits per heavy atom. The van der Waals surface area contributed by atoms with Crippen LogP contribution in [0.3, 0.4) is 0 Å². The molecule has 0 saturated carbocycles. The third-order valence-corrected chi connectivity index (χ3v) is 4.76. The first-order valence-corrected chi connectivity index (χ1v) is 8.05. The molecule has 1 aromatic carbocycles. The lowest BCUT2D eigenvalue weighted by molar-refractivity contribution is 0.283. The Labute approximate surface area is 131 Å². The number of hydrogen-bond donors (Lipinski definition) is 1. The molecule has 5 heteroatoms. The van der Waals surface area contributed by atoms with Gasteiger partial charge in [-0.1, -0.05) is 12.1 Å². The van der Waals surface area contributed by atoms with Gasteiger partial charge in [0.25, 0.3) is 0 Å². The van der Waals surface area contributed by atoms with Crippen molar-refractivity contribution >= 4 is 27.3 Å². The fraction of sp³-hybridized carbons (Fsp3) is 0.333. The number of para-hydroxylation sites is 1. The van der Waals surface area contributed by atoms with Crippen molar-refractivity contribution in [1.82, 2.24) is 0 Å². The summed E-state index contributed by atoms with van der Waals surface area (Å²) >= 11 is 5.18. The third-order valence-electron chi connectivity index (χ3n) is 2.86. The zero-order chi connectivity index (χ0) is 14.5. The summed E-state index contributed by atoms with van der Waals surface area (Å²) in [5.41, 5.74) is 6.97. The molecule has 1 heterocycles. The Morgan fingerprint density at radius 1 is 1.35 bits per heavy atom. The molecule has 0 saturated heterocycles. The summed E-state index contributed by atoms with van der Waals surface area (Å²) in [6.07, 6.45) is 0.762. The van der Waals surface area contributed by atoms with Gasteiger partial charge in [-0.05, 0) is 52.4 Å². The first kappa shape index (κ1) is 15.4. The molecule has 1 aromatic heterocycles. The summed E-state index contributed by atoms with van der Waals surface area (Å²) in [6.45, 7) is 2.50. The second kappa shape index (κ2) is 7.11. The van der Waals surface area contributed by atoms with Crippen LogP contribution in [0.25, 0.3) is 0 Å². The van der Waals surface area contributed by atoms with E-state index in [-0.39, 0.29) is 6.04 Å². The number of hydrogen-bond acceptors (Lipinski definition) is 4. The van der Waals surface area contributed by atoms with Gasteiger partial charge in [-0.15, -0.1) is 11.3 Å². The van der Waals surface area contributed by atoms with Gasteiger partial charge in [0.15, 0.2) is 11.5 Å². The van der Waals surface area contributed by atoms with Crippen LogP contribution < -0.4 is 15.2 Å². The molecule has 2 aromatic rings. The van der Waals surface area contributed by atoms with E-state index in [1.807, 2.05) is 36.6 Å². The van der Waals surface area contributed by atoms with E-state index in [4.69, 9.17) is 15.2 Å². The normalized spacial score (nSPS) is 12.2. The molecule has 0 radical (unpaired) electrons. The molecule has 20 heavy (non-hydrogen) atoms. The van der Waals surface area contributed by atoms with Crippen molar-refractivity contribution < 1.29 is 9.47 Å². The number of halogens is 1. The second-order valence-corrected chi connectivity index (χ2v) is 6.47. The van der Waals surface area contributed by atoms with Gasteiger partial charge in [0.2, 0.25) is 0 Å². The average Bonchev–Trinajstić information content (AvgIpc) is 2.82. The molecule has 3 nitrogen and oxygen atoms in total. The number of methoxy groups -OCH3 is 1. The smallest absolute Gasteiger partial charge is 0.164 e. The van der Waals surface area contributed by atoms with E-state index in [9.17, 15) is 0 Å². The predicted molar refractivity (Wildman–Crippen MR) is 86.7 cm³/mol. The van der Waals surface area contributed by atoms with Crippen LogP contribution in [0.4, 0.5) is 0 Å². The molecule has 0 fully saturated rings. The zero-order valence-corrected chi connectivity index (χ0v) is 14.0. The number of benzene rings is 1. The minimum absolute atomic E-state index is 0.0814. The quantitative estimate of drug-likeness (QED) is 0.851. The maximum absolute atomic E-state index is 5.99. The minimum atomic E-state index is 0.0814. The van der Waals surface area contributed by atoms with E-state index in [0.717, 1.165) is 32.8 Å². The van der Waals surface area contributed by atoms with E-state index < -0.39 is 0 Å². The lowest BCUT2D eigenvalue weighted by atomic mass is 10.1. The molecule has 2 rings (SSSR count). The number of nitrogens with two attached hydrogens (primary N) is 1.